The van der Waals surface area contributed by atoms with Crippen molar-refractivity contribution in [1.29, 1.82) is 0 Å². The molecule has 0 bridgehead atoms. The standard InChI is InChI=1S/C10H17ClN4S/c1-8(7-15-4-2-3-5-15)6-12-10-9(11)13-16-14-10/h8H,2-7H2,1H3,(H,12,14). The number of hydrogen-bond acceptors (Lipinski definition) is 5. The maximum Gasteiger partial charge on any atom is 0.186 e. The molecule has 0 amide bonds. The van der Waals surface area contributed by atoms with Gasteiger partial charge in [-0.15, -0.1) is 0 Å². The quantitative estimate of drug-likeness (QED) is 0.882. The predicted octanol–water partition coefficient (Wildman–Crippen LogP) is 2.34. The fourth-order valence-corrected chi connectivity index (χ4v) is 2.71. The molecule has 1 fully saturated rings. The molecule has 0 aliphatic carbocycles. The fourth-order valence-electron chi connectivity index (χ4n) is 2.02. The Morgan fingerprint density at radius 2 is 2.19 bits per heavy atom. The third kappa shape index (κ3) is 3.30. The van der Waals surface area contributed by atoms with Gasteiger partial charge in [-0.2, -0.15) is 8.75 Å². The number of nitrogens with one attached hydrogen (secondary N) is 1. The van der Waals surface area contributed by atoms with Gasteiger partial charge in [0.2, 0.25) is 0 Å². The monoisotopic (exact) mass is 260 g/mol. The number of halogens is 1. The van der Waals surface area contributed by atoms with Gasteiger partial charge in [0.25, 0.3) is 0 Å². The molecule has 2 rings (SSSR count). The van der Waals surface area contributed by atoms with Gasteiger partial charge in [0.15, 0.2) is 11.0 Å². The van der Waals surface area contributed by atoms with E-state index >= 15 is 0 Å². The summed E-state index contributed by atoms with van der Waals surface area (Å²) in [7, 11) is 0. The predicted molar refractivity (Wildman–Crippen MR) is 68.2 cm³/mol. The van der Waals surface area contributed by atoms with E-state index in [-0.39, 0.29) is 0 Å². The highest BCUT2D eigenvalue weighted by molar-refractivity contribution is 6.99. The molecule has 1 saturated heterocycles. The van der Waals surface area contributed by atoms with Gasteiger partial charge >= 0.3 is 0 Å². The second-order valence-electron chi connectivity index (χ2n) is 4.40. The van der Waals surface area contributed by atoms with Crippen molar-refractivity contribution in [2.24, 2.45) is 5.92 Å². The molecule has 90 valence electrons. The van der Waals surface area contributed by atoms with Crippen molar-refractivity contribution in [2.45, 2.75) is 19.8 Å². The molecule has 1 aromatic heterocycles. The molecule has 6 heteroatoms. The Labute approximate surface area is 105 Å². The minimum absolute atomic E-state index is 0.485. The van der Waals surface area contributed by atoms with Crippen molar-refractivity contribution >= 4 is 29.1 Å². The maximum absolute atomic E-state index is 5.86. The van der Waals surface area contributed by atoms with Crippen molar-refractivity contribution in [1.82, 2.24) is 13.6 Å². The van der Waals surface area contributed by atoms with E-state index in [4.69, 9.17) is 11.6 Å². The van der Waals surface area contributed by atoms with Crippen LogP contribution in [-0.4, -0.2) is 39.8 Å². The molecule has 0 aromatic carbocycles. The Hall–Kier alpha value is -0.390. The van der Waals surface area contributed by atoms with E-state index in [9.17, 15) is 0 Å². The normalized spacial score (nSPS) is 18.9. The van der Waals surface area contributed by atoms with Crippen LogP contribution >= 0.6 is 23.3 Å². The number of hydrogen-bond donors (Lipinski definition) is 1. The lowest BCUT2D eigenvalue weighted by atomic mass is 10.1. The van der Waals surface area contributed by atoms with E-state index in [0.717, 1.165) is 30.6 Å². The van der Waals surface area contributed by atoms with Gasteiger partial charge in [-0.05, 0) is 31.8 Å². The molecule has 1 N–H and O–H groups in total. The Balaban J connectivity index is 1.71. The molecule has 0 spiro atoms. The summed E-state index contributed by atoms with van der Waals surface area (Å²) in [5.74, 6) is 1.33. The third-order valence-corrected chi connectivity index (χ3v) is 3.73. The van der Waals surface area contributed by atoms with Crippen LogP contribution in [0.5, 0.6) is 0 Å². The van der Waals surface area contributed by atoms with E-state index in [1.165, 1.54) is 25.9 Å². The molecule has 1 aromatic rings. The molecule has 4 nitrogen and oxygen atoms in total. The van der Waals surface area contributed by atoms with Crippen molar-refractivity contribution in [3.05, 3.63) is 5.15 Å². The summed E-state index contributed by atoms with van der Waals surface area (Å²) in [6.07, 6.45) is 2.70. The van der Waals surface area contributed by atoms with Crippen LogP contribution in [0.2, 0.25) is 5.15 Å². The minimum Gasteiger partial charge on any atom is -0.366 e. The maximum atomic E-state index is 5.86. The second-order valence-corrected chi connectivity index (χ2v) is 5.28. The lowest BCUT2D eigenvalue weighted by Gasteiger charge is -2.20. The van der Waals surface area contributed by atoms with E-state index in [1.54, 1.807) is 0 Å². The largest absolute Gasteiger partial charge is 0.366 e. The van der Waals surface area contributed by atoms with E-state index in [2.05, 4.69) is 25.9 Å². The zero-order chi connectivity index (χ0) is 11.4. The number of rotatable bonds is 5. The SMILES string of the molecule is CC(CNc1nsnc1Cl)CN1CCCC1. The third-order valence-electron chi connectivity index (χ3n) is 2.84. The highest BCUT2D eigenvalue weighted by Crippen LogP contribution is 2.18. The molecule has 1 unspecified atom stereocenters. The van der Waals surface area contributed by atoms with Gasteiger partial charge < -0.3 is 10.2 Å². The van der Waals surface area contributed by atoms with Gasteiger partial charge in [0.1, 0.15) is 0 Å². The van der Waals surface area contributed by atoms with Gasteiger partial charge in [-0.1, -0.05) is 18.5 Å². The summed E-state index contributed by atoms with van der Waals surface area (Å²) in [6.45, 7) is 6.82. The van der Waals surface area contributed by atoms with Gasteiger partial charge in [-0.3, -0.25) is 0 Å². The fraction of sp³-hybridized carbons (Fsp3) is 0.800. The zero-order valence-electron chi connectivity index (χ0n) is 9.45. The summed E-state index contributed by atoms with van der Waals surface area (Å²) >= 11 is 7.00. The van der Waals surface area contributed by atoms with Crippen LogP contribution in [0.25, 0.3) is 0 Å². The first-order valence-electron chi connectivity index (χ1n) is 5.70. The molecular formula is C10H17ClN4S. The zero-order valence-corrected chi connectivity index (χ0v) is 11.0. The molecule has 0 radical (unpaired) electrons. The van der Waals surface area contributed by atoms with Crippen molar-refractivity contribution in [2.75, 3.05) is 31.5 Å². The molecular weight excluding hydrogens is 244 g/mol. The minimum atomic E-state index is 0.485. The van der Waals surface area contributed by atoms with Gasteiger partial charge in [0, 0.05) is 13.1 Å². The molecule has 16 heavy (non-hydrogen) atoms. The summed E-state index contributed by atoms with van der Waals surface area (Å²) in [5, 5.41) is 3.73. The molecule has 1 aliphatic heterocycles. The Morgan fingerprint density at radius 1 is 1.44 bits per heavy atom. The van der Waals surface area contributed by atoms with Crippen LogP contribution in [0.1, 0.15) is 19.8 Å². The van der Waals surface area contributed by atoms with Gasteiger partial charge in [0.05, 0.1) is 11.7 Å². The second kappa shape index (κ2) is 5.80. The summed E-state index contributed by atoms with van der Waals surface area (Å²) < 4.78 is 8.01. The molecule has 1 aliphatic rings. The lowest BCUT2D eigenvalue weighted by Crippen LogP contribution is -2.28. The number of aromatic nitrogens is 2. The van der Waals surface area contributed by atoms with E-state index < -0.39 is 0 Å². The number of nitrogens with zero attached hydrogens (tertiary/aromatic N) is 3. The average molecular weight is 261 g/mol. The van der Waals surface area contributed by atoms with Crippen LogP contribution in [0.15, 0.2) is 0 Å². The van der Waals surface area contributed by atoms with E-state index in [0.29, 0.717) is 11.1 Å². The summed E-state index contributed by atoms with van der Waals surface area (Å²) in [6, 6.07) is 0. The first-order valence-corrected chi connectivity index (χ1v) is 6.81. The van der Waals surface area contributed by atoms with Crippen LogP contribution < -0.4 is 5.32 Å². The highest BCUT2D eigenvalue weighted by Gasteiger charge is 2.15. The van der Waals surface area contributed by atoms with Crippen LogP contribution in [0.3, 0.4) is 0 Å². The average Bonchev–Trinajstić information content (AvgIpc) is 2.87. The number of likely N-dealkylation sites (tertiary alicyclic amines) is 1. The Bertz CT molecular complexity index is 324. The van der Waals surface area contributed by atoms with E-state index in [1.807, 2.05) is 0 Å². The Kier molecular flexibility index (Phi) is 4.37. The van der Waals surface area contributed by atoms with Crippen LogP contribution in [0.4, 0.5) is 5.82 Å². The van der Waals surface area contributed by atoms with Crippen molar-refractivity contribution in [3.8, 4) is 0 Å². The lowest BCUT2D eigenvalue weighted by molar-refractivity contribution is 0.294. The highest BCUT2D eigenvalue weighted by atomic mass is 35.5. The topological polar surface area (TPSA) is 41.1 Å². The Morgan fingerprint density at radius 3 is 2.81 bits per heavy atom. The number of anilines is 1. The van der Waals surface area contributed by atoms with Crippen molar-refractivity contribution < 1.29 is 0 Å². The van der Waals surface area contributed by atoms with Crippen LogP contribution in [-0.2, 0) is 0 Å². The van der Waals surface area contributed by atoms with Crippen LogP contribution in [0, 0.1) is 5.92 Å². The first-order chi connectivity index (χ1) is 7.75. The molecule has 1 atom stereocenters. The summed E-state index contributed by atoms with van der Waals surface area (Å²) in [4.78, 5) is 2.52. The first kappa shape index (κ1) is 12.1. The van der Waals surface area contributed by atoms with Crippen molar-refractivity contribution in [3.63, 3.8) is 0 Å². The summed E-state index contributed by atoms with van der Waals surface area (Å²) in [5.41, 5.74) is 0. The smallest absolute Gasteiger partial charge is 0.186 e. The molecule has 2 heterocycles. The molecule has 0 saturated carbocycles. The van der Waals surface area contributed by atoms with Gasteiger partial charge in [-0.25, -0.2) is 0 Å².